The lowest BCUT2D eigenvalue weighted by atomic mass is 10.2. The van der Waals surface area contributed by atoms with Gasteiger partial charge in [-0.15, -0.1) is 0 Å². The first kappa shape index (κ1) is 15.2. The van der Waals surface area contributed by atoms with Crippen molar-refractivity contribution < 1.29 is 9.53 Å². The highest BCUT2D eigenvalue weighted by atomic mass is 35.5. The number of carbonyl (C=O) groups is 1. The maximum Gasteiger partial charge on any atom is 0.227 e. The number of hydrogen-bond donors (Lipinski definition) is 2. The Labute approximate surface area is 128 Å². The fourth-order valence-corrected chi connectivity index (χ4v) is 2.09. The maximum atomic E-state index is 11.8. The number of nitrogen functional groups attached to an aromatic ring is 1. The number of anilines is 2. The van der Waals surface area contributed by atoms with Crippen LogP contribution in [0.4, 0.5) is 11.4 Å². The van der Waals surface area contributed by atoms with Crippen LogP contribution in [0, 0.1) is 6.92 Å². The molecule has 0 saturated heterocycles. The average Bonchev–Trinajstić information content (AvgIpc) is 2.44. The molecule has 3 N–H and O–H groups in total. The van der Waals surface area contributed by atoms with Gasteiger partial charge in [-0.1, -0.05) is 29.8 Å². The highest BCUT2D eigenvalue weighted by molar-refractivity contribution is 6.32. The molecule has 21 heavy (non-hydrogen) atoms. The first-order valence-corrected chi connectivity index (χ1v) is 6.97. The number of aryl methyl sites for hydroxylation is 1. The molecular formula is C16H17ClN2O2. The molecule has 0 heterocycles. The van der Waals surface area contributed by atoms with E-state index in [1.165, 1.54) is 0 Å². The maximum absolute atomic E-state index is 11.8. The Hall–Kier alpha value is -2.20. The Kier molecular flexibility index (Phi) is 5.06. The van der Waals surface area contributed by atoms with Crippen LogP contribution in [-0.4, -0.2) is 12.5 Å². The van der Waals surface area contributed by atoms with Gasteiger partial charge >= 0.3 is 0 Å². The van der Waals surface area contributed by atoms with Crippen molar-refractivity contribution in [2.45, 2.75) is 13.3 Å². The second-order valence-corrected chi connectivity index (χ2v) is 5.07. The second-order valence-electron chi connectivity index (χ2n) is 4.67. The van der Waals surface area contributed by atoms with E-state index in [1.54, 1.807) is 18.2 Å². The standard InChI is InChI=1S/C16H17ClN2O2/c1-11-6-7-15(12(17)10-11)21-9-8-16(20)19-14-5-3-2-4-13(14)18/h2-7,10H,8-9,18H2,1H3,(H,19,20). The van der Waals surface area contributed by atoms with E-state index >= 15 is 0 Å². The molecule has 0 aliphatic heterocycles. The van der Waals surface area contributed by atoms with Gasteiger partial charge < -0.3 is 15.8 Å². The Morgan fingerprint density at radius 2 is 2.05 bits per heavy atom. The zero-order chi connectivity index (χ0) is 15.2. The fourth-order valence-electron chi connectivity index (χ4n) is 1.80. The molecule has 0 aliphatic rings. The van der Waals surface area contributed by atoms with Crippen LogP contribution >= 0.6 is 11.6 Å². The third-order valence-corrected chi connectivity index (χ3v) is 3.20. The molecule has 0 atom stereocenters. The number of para-hydroxylation sites is 2. The van der Waals surface area contributed by atoms with Gasteiger partial charge in [0.1, 0.15) is 5.75 Å². The van der Waals surface area contributed by atoms with Gasteiger partial charge in [-0.05, 0) is 36.8 Å². The van der Waals surface area contributed by atoms with Gasteiger partial charge in [-0.3, -0.25) is 4.79 Å². The van der Waals surface area contributed by atoms with Crippen LogP contribution in [0.2, 0.25) is 5.02 Å². The molecule has 4 nitrogen and oxygen atoms in total. The number of benzene rings is 2. The third kappa shape index (κ3) is 4.39. The van der Waals surface area contributed by atoms with E-state index in [1.807, 2.05) is 31.2 Å². The number of nitrogens with one attached hydrogen (secondary N) is 1. The molecule has 0 fully saturated rings. The normalized spacial score (nSPS) is 10.2. The first-order chi connectivity index (χ1) is 10.1. The van der Waals surface area contributed by atoms with Crippen LogP contribution in [0.3, 0.4) is 0 Å². The van der Waals surface area contributed by atoms with Gasteiger partial charge in [0.25, 0.3) is 0 Å². The minimum absolute atomic E-state index is 0.156. The van der Waals surface area contributed by atoms with Crippen LogP contribution < -0.4 is 15.8 Å². The molecule has 2 rings (SSSR count). The van der Waals surface area contributed by atoms with Gasteiger partial charge in [0.2, 0.25) is 5.91 Å². The van der Waals surface area contributed by atoms with Crippen molar-refractivity contribution >= 4 is 28.9 Å². The molecule has 110 valence electrons. The lowest BCUT2D eigenvalue weighted by Gasteiger charge is -2.10. The van der Waals surface area contributed by atoms with Crippen molar-refractivity contribution in [2.75, 3.05) is 17.7 Å². The summed E-state index contributed by atoms with van der Waals surface area (Å²) in [6, 6.07) is 12.6. The smallest absolute Gasteiger partial charge is 0.227 e. The monoisotopic (exact) mass is 304 g/mol. The summed E-state index contributed by atoms with van der Waals surface area (Å²) < 4.78 is 5.51. The van der Waals surface area contributed by atoms with E-state index in [9.17, 15) is 4.79 Å². The topological polar surface area (TPSA) is 64.3 Å². The number of halogens is 1. The van der Waals surface area contributed by atoms with Crippen LogP contribution in [0.1, 0.15) is 12.0 Å². The van der Waals surface area contributed by atoms with Crippen molar-refractivity contribution in [3.05, 3.63) is 53.1 Å². The number of hydrogen-bond acceptors (Lipinski definition) is 3. The average molecular weight is 305 g/mol. The Morgan fingerprint density at radius 3 is 2.76 bits per heavy atom. The lowest BCUT2D eigenvalue weighted by molar-refractivity contribution is -0.116. The number of amides is 1. The van der Waals surface area contributed by atoms with E-state index < -0.39 is 0 Å². The van der Waals surface area contributed by atoms with Crippen molar-refractivity contribution in [1.82, 2.24) is 0 Å². The van der Waals surface area contributed by atoms with Crippen molar-refractivity contribution in [3.63, 3.8) is 0 Å². The SMILES string of the molecule is Cc1ccc(OCCC(=O)Nc2ccccc2N)c(Cl)c1. The van der Waals surface area contributed by atoms with E-state index in [-0.39, 0.29) is 18.9 Å². The van der Waals surface area contributed by atoms with Gasteiger partial charge in [0.15, 0.2) is 0 Å². The molecule has 0 radical (unpaired) electrons. The summed E-state index contributed by atoms with van der Waals surface area (Å²) in [6.07, 6.45) is 0.221. The zero-order valence-corrected chi connectivity index (χ0v) is 12.5. The molecule has 0 aliphatic carbocycles. The lowest BCUT2D eigenvalue weighted by Crippen LogP contribution is -2.16. The molecule has 0 aromatic heterocycles. The Balaban J connectivity index is 1.83. The van der Waals surface area contributed by atoms with Crippen molar-refractivity contribution in [2.24, 2.45) is 0 Å². The first-order valence-electron chi connectivity index (χ1n) is 6.59. The van der Waals surface area contributed by atoms with Crippen LogP contribution in [0.15, 0.2) is 42.5 Å². The van der Waals surface area contributed by atoms with Crippen LogP contribution in [0.25, 0.3) is 0 Å². The van der Waals surface area contributed by atoms with E-state index in [4.69, 9.17) is 22.1 Å². The Bertz CT molecular complexity index is 644. The molecule has 1 amide bonds. The molecule has 2 aromatic carbocycles. The molecule has 0 saturated carbocycles. The summed E-state index contributed by atoms with van der Waals surface area (Å²) in [5.74, 6) is 0.422. The number of nitrogens with two attached hydrogens (primary N) is 1. The molecule has 2 aromatic rings. The van der Waals surface area contributed by atoms with E-state index in [2.05, 4.69) is 5.32 Å². The largest absolute Gasteiger partial charge is 0.491 e. The molecule has 0 unspecified atom stereocenters. The zero-order valence-electron chi connectivity index (χ0n) is 11.7. The quantitative estimate of drug-likeness (QED) is 0.829. The number of carbonyl (C=O) groups excluding carboxylic acids is 1. The molecule has 0 bridgehead atoms. The highest BCUT2D eigenvalue weighted by Crippen LogP contribution is 2.25. The van der Waals surface area contributed by atoms with Crippen molar-refractivity contribution in [3.8, 4) is 5.75 Å². The summed E-state index contributed by atoms with van der Waals surface area (Å²) >= 11 is 6.05. The predicted octanol–water partition coefficient (Wildman–Crippen LogP) is 3.64. The van der Waals surface area contributed by atoms with E-state index in [0.717, 1.165) is 5.56 Å². The second kappa shape index (κ2) is 6.99. The van der Waals surface area contributed by atoms with Gasteiger partial charge in [-0.25, -0.2) is 0 Å². The predicted molar refractivity (Wildman–Crippen MR) is 85.8 cm³/mol. The van der Waals surface area contributed by atoms with Crippen molar-refractivity contribution in [1.29, 1.82) is 0 Å². The van der Waals surface area contributed by atoms with Gasteiger partial charge in [-0.2, -0.15) is 0 Å². The number of rotatable bonds is 5. The number of ether oxygens (including phenoxy) is 1. The summed E-state index contributed by atoms with van der Waals surface area (Å²) in [4.78, 5) is 11.8. The third-order valence-electron chi connectivity index (χ3n) is 2.91. The van der Waals surface area contributed by atoms with E-state index in [0.29, 0.717) is 22.1 Å². The van der Waals surface area contributed by atoms with Gasteiger partial charge in [0.05, 0.1) is 29.4 Å². The summed E-state index contributed by atoms with van der Waals surface area (Å²) in [6.45, 7) is 2.20. The fraction of sp³-hybridized carbons (Fsp3) is 0.188. The molecule has 5 heteroatoms. The highest BCUT2D eigenvalue weighted by Gasteiger charge is 2.06. The summed E-state index contributed by atoms with van der Waals surface area (Å²) in [5, 5.41) is 3.29. The van der Waals surface area contributed by atoms with Crippen LogP contribution in [-0.2, 0) is 4.79 Å². The minimum atomic E-state index is -0.156. The Morgan fingerprint density at radius 1 is 1.29 bits per heavy atom. The summed E-state index contributed by atoms with van der Waals surface area (Å²) in [7, 11) is 0. The molecule has 0 spiro atoms. The van der Waals surface area contributed by atoms with Gasteiger partial charge in [0, 0.05) is 0 Å². The molecular weight excluding hydrogens is 288 g/mol. The minimum Gasteiger partial charge on any atom is -0.491 e. The summed E-state index contributed by atoms with van der Waals surface area (Å²) in [5.41, 5.74) is 7.96. The van der Waals surface area contributed by atoms with Crippen LogP contribution in [0.5, 0.6) is 5.75 Å².